The molecule has 1 fully saturated rings. The molecule has 0 heterocycles. The van der Waals surface area contributed by atoms with Crippen LogP contribution in [0.15, 0.2) is 43.1 Å². The Balaban J connectivity index is 1.86. The minimum Gasteiger partial charge on any atom is -0.353 e. The van der Waals surface area contributed by atoms with Crippen LogP contribution in [-0.2, 0) is 9.59 Å². The van der Waals surface area contributed by atoms with Gasteiger partial charge in [0.15, 0.2) is 0 Å². The first-order valence-electron chi connectivity index (χ1n) is 6.49. The number of carbonyl (C=O) groups is 2. The van der Waals surface area contributed by atoms with Crippen molar-refractivity contribution in [1.82, 2.24) is 5.32 Å². The first-order chi connectivity index (χ1) is 9.20. The van der Waals surface area contributed by atoms with Crippen LogP contribution in [0.5, 0.6) is 0 Å². The summed E-state index contributed by atoms with van der Waals surface area (Å²) in [6.07, 6.45) is 4.02. The van der Waals surface area contributed by atoms with E-state index in [-0.39, 0.29) is 24.7 Å². The minimum absolute atomic E-state index is 0.0482. The number of benzene rings is 1. The van der Waals surface area contributed by atoms with Crippen LogP contribution < -0.4 is 10.2 Å². The van der Waals surface area contributed by atoms with Crippen LogP contribution in [0.1, 0.15) is 25.7 Å². The number of rotatable bonds is 6. The molecule has 4 nitrogen and oxygen atoms in total. The maximum absolute atomic E-state index is 12.1. The number of amides is 2. The smallest absolute Gasteiger partial charge is 0.231 e. The van der Waals surface area contributed by atoms with Gasteiger partial charge in [0.1, 0.15) is 0 Å². The molecule has 1 aliphatic carbocycles. The number of para-hydroxylation sites is 1. The summed E-state index contributed by atoms with van der Waals surface area (Å²) < 4.78 is 0. The molecule has 0 aliphatic heterocycles. The van der Waals surface area contributed by atoms with E-state index in [9.17, 15) is 9.59 Å². The van der Waals surface area contributed by atoms with Crippen LogP contribution in [0.25, 0.3) is 0 Å². The van der Waals surface area contributed by atoms with Gasteiger partial charge in [-0.2, -0.15) is 0 Å². The van der Waals surface area contributed by atoms with Gasteiger partial charge in [0.05, 0.1) is 0 Å². The van der Waals surface area contributed by atoms with Crippen molar-refractivity contribution < 1.29 is 9.59 Å². The maximum Gasteiger partial charge on any atom is 0.231 e. The molecule has 1 saturated carbocycles. The van der Waals surface area contributed by atoms with Crippen molar-refractivity contribution in [3.05, 3.63) is 43.1 Å². The average Bonchev–Trinajstić information content (AvgIpc) is 3.22. The molecule has 1 N–H and O–H groups in total. The summed E-state index contributed by atoms with van der Waals surface area (Å²) >= 11 is 0. The molecule has 0 spiro atoms. The molecule has 100 valence electrons. The molecule has 0 atom stereocenters. The molecule has 0 radical (unpaired) electrons. The van der Waals surface area contributed by atoms with Gasteiger partial charge in [0.25, 0.3) is 0 Å². The van der Waals surface area contributed by atoms with Crippen molar-refractivity contribution in [1.29, 1.82) is 0 Å². The fourth-order valence-corrected chi connectivity index (χ4v) is 1.81. The second kappa shape index (κ2) is 6.18. The van der Waals surface area contributed by atoms with E-state index in [1.807, 2.05) is 30.3 Å². The molecule has 1 aromatic rings. The van der Waals surface area contributed by atoms with Gasteiger partial charge >= 0.3 is 0 Å². The molecule has 0 aromatic heterocycles. The van der Waals surface area contributed by atoms with Gasteiger partial charge in [-0.1, -0.05) is 24.8 Å². The number of nitrogens with one attached hydrogen (secondary N) is 1. The highest BCUT2D eigenvalue weighted by Gasteiger charge is 2.23. The van der Waals surface area contributed by atoms with Crippen molar-refractivity contribution in [3.63, 3.8) is 0 Å². The number of hydrogen-bond acceptors (Lipinski definition) is 2. The fraction of sp³-hybridized carbons (Fsp3) is 0.333. The molecule has 0 saturated heterocycles. The Labute approximate surface area is 113 Å². The van der Waals surface area contributed by atoms with E-state index in [0.29, 0.717) is 6.04 Å². The number of carbonyl (C=O) groups excluding carboxylic acids is 2. The zero-order valence-corrected chi connectivity index (χ0v) is 10.8. The third-order valence-electron chi connectivity index (χ3n) is 2.99. The van der Waals surface area contributed by atoms with Gasteiger partial charge in [-0.05, 0) is 25.0 Å². The SMILES string of the molecule is C=CN(C(=O)CCC(=O)NC1CC1)c1ccccc1. The normalized spacial score (nSPS) is 13.7. The lowest BCUT2D eigenvalue weighted by molar-refractivity contribution is -0.125. The molecule has 1 aromatic carbocycles. The largest absolute Gasteiger partial charge is 0.353 e. The summed E-state index contributed by atoms with van der Waals surface area (Å²) in [5.41, 5.74) is 0.769. The van der Waals surface area contributed by atoms with Crippen molar-refractivity contribution in [2.45, 2.75) is 31.7 Å². The lowest BCUT2D eigenvalue weighted by atomic mass is 10.2. The highest BCUT2D eigenvalue weighted by atomic mass is 16.2. The van der Waals surface area contributed by atoms with Crippen LogP contribution >= 0.6 is 0 Å². The van der Waals surface area contributed by atoms with Crippen LogP contribution in [0.2, 0.25) is 0 Å². The predicted octanol–water partition coefficient (Wildman–Crippen LogP) is 2.22. The van der Waals surface area contributed by atoms with E-state index in [1.54, 1.807) is 0 Å². The Morgan fingerprint density at radius 1 is 1.26 bits per heavy atom. The Morgan fingerprint density at radius 3 is 2.53 bits per heavy atom. The van der Waals surface area contributed by atoms with Gasteiger partial charge in [0.2, 0.25) is 11.8 Å². The Hall–Kier alpha value is -2.10. The molecule has 0 bridgehead atoms. The van der Waals surface area contributed by atoms with Gasteiger partial charge in [-0.3, -0.25) is 14.5 Å². The van der Waals surface area contributed by atoms with E-state index in [1.165, 1.54) is 11.1 Å². The summed E-state index contributed by atoms with van der Waals surface area (Å²) in [4.78, 5) is 25.1. The topological polar surface area (TPSA) is 49.4 Å². The first-order valence-corrected chi connectivity index (χ1v) is 6.49. The Kier molecular flexibility index (Phi) is 4.34. The molecule has 0 unspecified atom stereocenters. The van der Waals surface area contributed by atoms with Crippen molar-refractivity contribution in [3.8, 4) is 0 Å². The molecule has 4 heteroatoms. The monoisotopic (exact) mass is 258 g/mol. The van der Waals surface area contributed by atoms with Gasteiger partial charge in [-0.25, -0.2) is 0 Å². The highest BCUT2D eigenvalue weighted by Crippen LogP contribution is 2.19. The third kappa shape index (κ3) is 3.95. The molecule has 19 heavy (non-hydrogen) atoms. The van der Waals surface area contributed by atoms with Gasteiger partial charge in [0, 0.05) is 30.8 Å². The van der Waals surface area contributed by atoms with E-state index >= 15 is 0 Å². The Morgan fingerprint density at radius 2 is 1.95 bits per heavy atom. The lowest BCUT2D eigenvalue weighted by Crippen LogP contribution is -2.29. The van der Waals surface area contributed by atoms with Crippen LogP contribution in [0.3, 0.4) is 0 Å². The summed E-state index contributed by atoms with van der Waals surface area (Å²) in [6, 6.07) is 9.62. The maximum atomic E-state index is 12.1. The van der Waals surface area contributed by atoms with Gasteiger partial charge < -0.3 is 5.32 Å². The predicted molar refractivity (Wildman–Crippen MR) is 74.5 cm³/mol. The van der Waals surface area contributed by atoms with Crippen molar-refractivity contribution in [2.24, 2.45) is 0 Å². The summed E-state index contributed by atoms with van der Waals surface area (Å²) in [5.74, 6) is -0.167. The van der Waals surface area contributed by atoms with E-state index < -0.39 is 0 Å². The standard InChI is InChI=1S/C15H18N2O2/c1-2-17(13-6-4-3-5-7-13)15(19)11-10-14(18)16-12-8-9-12/h2-7,12H,1,8-11H2,(H,16,18). The molecule has 2 rings (SSSR count). The van der Waals surface area contributed by atoms with E-state index in [4.69, 9.17) is 0 Å². The summed E-state index contributed by atoms with van der Waals surface area (Å²) in [6.45, 7) is 3.65. The highest BCUT2D eigenvalue weighted by molar-refractivity contribution is 5.96. The quantitative estimate of drug-likeness (QED) is 0.850. The van der Waals surface area contributed by atoms with E-state index in [0.717, 1.165) is 18.5 Å². The third-order valence-corrected chi connectivity index (χ3v) is 2.99. The number of nitrogens with zero attached hydrogens (tertiary/aromatic N) is 1. The second-order valence-electron chi connectivity index (χ2n) is 4.62. The van der Waals surface area contributed by atoms with Crippen LogP contribution in [-0.4, -0.2) is 17.9 Å². The van der Waals surface area contributed by atoms with Crippen molar-refractivity contribution in [2.75, 3.05) is 4.90 Å². The Bertz CT molecular complexity index is 466. The fourth-order valence-electron chi connectivity index (χ4n) is 1.81. The molecule has 1 aliphatic rings. The molecular weight excluding hydrogens is 240 g/mol. The van der Waals surface area contributed by atoms with Crippen molar-refractivity contribution >= 4 is 17.5 Å². The first kappa shape index (κ1) is 13.3. The number of hydrogen-bond donors (Lipinski definition) is 1. The lowest BCUT2D eigenvalue weighted by Gasteiger charge is -2.17. The van der Waals surface area contributed by atoms with Crippen LogP contribution in [0.4, 0.5) is 5.69 Å². The minimum atomic E-state index is -0.118. The van der Waals surface area contributed by atoms with Gasteiger partial charge in [-0.15, -0.1) is 0 Å². The second-order valence-corrected chi connectivity index (χ2v) is 4.62. The van der Waals surface area contributed by atoms with Crippen LogP contribution in [0, 0.1) is 0 Å². The summed E-state index contributed by atoms with van der Waals surface area (Å²) in [7, 11) is 0. The molecule has 2 amide bonds. The number of anilines is 1. The molecular formula is C15H18N2O2. The zero-order valence-electron chi connectivity index (χ0n) is 10.8. The average molecular weight is 258 g/mol. The van der Waals surface area contributed by atoms with E-state index in [2.05, 4.69) is 11.9 Å². The zero-order chi connectivity index (χ0) is 13.7. The summed E-state index contributed by atoms with van der Waals surface area (Å²) in [5, 5.41) is 2.87.